The first-order valence-corrected chi connectivity index (χ1v) is 8.62. The van der Waals surface area contributed by atoms with E-state index in [4.69, 9.17) is 4.52 Å². The van der Waals surface area contributed by atoms with Crippen molar-refractivity contribution in [2.24, 2.45) is 11.8 Å². The van der Waals surface area contributed by atoms with Gasteiger partial charge < -0.3 is 14.7 Å². The molecular formula is C18H22N4O2. The Balaban J connectivity index is 1.58. The number of aryl methyl sites for hydroxylation is 1. The summed E-state index contributed by atoms with van der Waals surface area (Å²) < 4.78 is 5.27. The zero-order valence-corrected chi connectivity index (χ0v) is 13.9. The molecule has 1 aromatic heterocycles. The van der Waals surface area contributed by atoms with E-state index < -0.39 is 0 Å². The molecule has 1 aromatic carbocycles. The van der Waals surface area contributed by atoms with Crippen molar-refractivity contribution < 1.29 is 9.32 Å². The van der Waals surface area contributed by atoms with Crippen LogP contribution in [0, 0.1) is 18.8 Å². The molecule has 2 saturated heterocycles. The average Bonchev–Trinajstić information content (AvgIpc) is 3.19. The molecule has 0 spiro atoms. The number of benzene rings is 1. The van der Waals surface area contributed by atoms with Gasteiger partial charge in [0.05, 0.1) is 11.1 Å². The fourth-order valence-electron chi connectivity index (χ4n) is 3.85. The molecule has 0 saturated carbocycles. The first-order chi connectivity index (χ1) is 11.7. The van der Waals surface area contributed by atoms with Gasteiger partial charge in [-0.1, -0.05) is 17.3 Å². The van der Waals surface area contributed by atoms with E-state index in [-0.39, 0.29) is 5.91 Å². The van der Waals surface area contributed by atoms with Crippen molar-refractivity contribution >= 4 is 5.91 Å². The summed E-state index contributed by atoms with van der Waals surface area (Å²) in [5, 5.41) is 7.31. The summed E-state index contributed by atoms with van der Waals surface area (Å²) >= 11 is 0. The van der Waals surface area contributed by atoms with Crippen LogP contribution in [0.25, 0.3) is 11.5 Å². The maximum absolute atomic E-state index is 13.1. The monoisotopic (exact) mass is 326 g/mol. The van der Waals surface area contributed by atoms with Crippen LogP contribution in [0.4, 0.5) is 0 Å². The van der Waals surface area contributed by atoms with E-state index in [0.717, 1.165) is 39.0 Å². The van der Waals surface area contributed by atoms with Gasteiger partial charge in [0.2, 0.25) is 0 Å². The topological polar surface area (TPSA) is 71.3 Å². The van der Waals surface area contributed by atoms with Crippen LogP contribution >= 0.6 is 0 Å². The van der Waals surface area contributed by atoms with Crippen molar-refractivity contribution in [3.8, 4) is 11.5 Å². The van der Waals surface area contributed by atoms with E-state index in [0.29, 0.717) is 34.7 Å². The third-order valence-corrected chi connectivity index (χ3v) is 5.22. The maximum atomic E-state index is 13.1. The minimum atomic E-state index is 0.0642. The minimum Gasteiger partial charge on any atom is -0.339 e. The fourth-order valence-corrected chi connectivity index (χ4v) is 3.85. The van der Waals surface area contributed by atoms with E-state index in [1.165, 1.54) is 0 Å². The number of carbonyl (C=O) groups is 1. The van der Waals surface area contributed by atoms with Gasteiger partial charge in [-0.25, -0.2) is 0 Å². The molecule has 0 unspecified atom stereocenters. The van der Waals surface area contributed by atoms with Crippen molar-refractivity contribution in [2.75, 3.05) is 26.2 Å². The molecule has 6 heteroatoms. The average molecular weight is 326 g/mol. The van der Waals surface area contributed by atoms with Gasteiger partial charge in [0.1, 0.15) is 0 Å². The second-order valence-corrected chi connectivity index (χ2v) is 6.74. The molecule has 4 rings (SSSR count). The number of rotatable bonds is 2. The summed E-state index contributed by atoms with van der Waals surface area (Å²) in [7, 11) is 0. The lowest BCUT2D eigenvalue weighted by atomic mass is 9.92. The SMILES string of the molecule is Cc1noc(-c2ccccc2C(=O)N2CC[C@@H]3CNC[C@@H]3CC2)n1. The lowest BCUT2D eigenvalue weighted by Gasteiger charge is -2.21. The number of nitrogens with one attached hydrogen (secondary N) is 1. The van der Waals surface area contributed by atoms with Crippen molar-refractivity contribution in [1.82, 2.24) is 20.4 Å². The molecule has 0 aliphatic carbocycles. The number of nitrogens with zero attached hydrogens (tertiary/aromatic N) is 3. The summed E-state index contributed by atoms with van der Waals surface area (Å²) in [6.45, 7) is 5.59. The molecule has 2 fully saturated rings. The highest BCUT2D eigenvalue weighted by atomic mass is 16.5. The Bertz CT molecular complexity index is 728. The van der Waals surface area contributed by atoms with Crippen LogP contribution in [0.2, 0.25) is 0 Å². The lowest BCUT2D eigenvalue weighted by Crippen LogP contribution is -2.33. The first-order valence-electron chi connectivity index (χ1n) is 8.62. The highest BCUT2D eigenvalue weighted by Crippen LogP contribution is 2.29. The van der Waals surface area contributed by atoms with Gasteiger partial charge in [-0.2, -0.15) is 4.98 Å². The van der Waals surface area contributed by atoms with Crippen LogP contribution in [0.3, 0.4) is 0 Å². The molecular weight excluding hydrogens is 304 g/mol. The number of amides is 1. The normalized spacial score (nSPS) is 23.8. The van der Waals surface area contributed by atoms with E-state index >= 15 is 0 Å². The van der Waals surface area contributed by atoms with Crippen LogP contribution in [0.1, 0.15) is 29.0 Å². The van der Waals surface area contributed by atoms with Crippen LogP contribution in [-0.2, 0) is 0 Å². The molecule has 1 amide bonds. The Labute approximate surface area is 141 Å². The zero-order chi connectivity index (χ0) is 16.5. The Hall–Kier alpha value is -2.21. The number of hydrogen-bond donors (Lipinski definition) is 1. The van der Waals surface area contributed by atoms with Crippen molar-refractivity contribution in [1.29, 1.82) is 0 Å². The van der Waals surface area contributed by atoms with E-state index in [9.17, 15) is 4.79 Å². The van der Waals surface area contributed by atoms with E-state index in [1.54, 1.807) is 6.92 Å². The number of aromatic nitrogens is 2. The zero-order valence-electron chi connectivity index (χ0n) is 13.9. The summed E-state index contributed by atoms with van der Waals surface area (Å²) in [4.78, 5) is 19.4. The van der Waals surface area contributed by atoms with Gasteiger partial charge in [0.25, 0.3) is 11.8 Å². The molecule has 2 aromatic rings. The van der Waals surface area contributed by atoms with Crippen molar-refractivity contribution in [3.05, 3.63) is 35.7 Å². The summed E-state index contributed by atoms with van der Waals surface area (Å²) in [5.41, 5.74) is 1.36. The number of fused-ring (bicyclic) bond motifs is 1. The van der Waals surface area contributed by atoms with Crippen molar-refractivity contribution in [2.45, 2.75) is 19.8 Å². The summed E-state index contributed by atoms with van der Waals surface area (Å²) in [5.74, 6) is 2.46. The van der Waals surface area contributed by atoms with Gasteiger partial charge in [0.15, 0.2) is 5.82 Å². The van der Waals surface area contributed by atoms with Gasteiger partial charge in [-0.3, -0.25) is 4.79 Å². The molecule has 126 valence electrons. The Morgan fingerprint density at radius 3 is 2.58 bits per heavy atom. The fraction of sp³-hybridized carbons (Fsp3) is 0.500. The predicted molar refractivity (Wildman–Crippen MR) is 89.5 cm³/mol. The Morgan fingerprint density at radius 2 is 1.92 bits per heavy atom. The smallest absolute Gasteiger partial charge is 0.258 e. The third kappa shape index (κ3) is 2.82. The largest absolute Gasteiger partial charge is 0.339 e. The van der Waals surface area contributed by atoms with Crippen LogP contribution < -0.4 is 5.32 Å². The minimum absolute atomic E-state index is 0.0642. The molecule has 24 heavy (non-hydrogen) atoms. The Morgan fingerprint density at radius 1 is 1.21 bits per heavy atom. The van der Waals surface area contributed by atoms with Gasteiger partial charge in [-0.05, 0) is 56.8 Å². The predicted octanol–water partition coefficient (Wildman–Crippen LogP) is 2.12. The number of hydrogen-bond acceptors (Lipinski definition) is 5. The molecule has 2 aliphatic rings. The standard InChI is InChI=1S/C18H22N4O2/c1-12-20-17(24-21-12)15-4-2-3-5-16(15)18(23)22-8-6-13-10-19-11-14(13)7-9-22/h2-5,13-14,19H,6-11H2,1H3/t13-,14+. The van der Waals surface area contributed by atoms with Crippen molar-refractivity contribution in [3.63, 3.8) is 0 Å². The highest BCUT2D eigenvalue weighted by molar-refractivity contribution is 6.00. The van der Waals surface area contributed by atoms with Gasteiger partial charge in [0, 0.05) is 13.1 Å². The van der Waals surface area contributed by atoms with E-state index in [2.05, 4.69) is 15.5 Å². The summed E-state index contributed by atoms with van der Waals surface area (Å²) in [6, 6.07) is 7.50. The number of likely N-dealkylation sites (tertiary alicyclic amines) is 1. The third-order valence-electron chi connectivity index (χ3n) is 5.22. The Kier molecular flexibility index (Phi) is 4.06. The lowest BCUT2D eigenvalue weighted by molar-refractivity contribution is 0.0759. The molecule has 2 atom stereocenters. The van der Waals surface area contributed by atoms with E-state index in [1.807, 2.05) is 29.2 Å². The quantitative estimate of drug-likeness (QED) is 0.915. The van der Waals surface area contributed by atoms with Crippen LogP contribution in [-0.4, -0.2) is 47.1 Å². The molecule has 0 radical (unpaired) electrons. The number of carbonyl (C=O) groups excluding carboxylic acids is 1. The van der Waals surface area contributed by atoms with Gasteiger partial charge in [-0.15, -0.1) is 0 Å². The van der Waals surface area contributed by atoms with Crippen LogP contribution in [0.15, 0.2) is 28.8 Å². The maximum Gasteiger partial charge on any atom is 0.258 e. The molecule has 6 nitrogen and oxygen atoms in total. The summed E-state index contributed by atoms with van der Waals surface area (Å²) in [6.07, 6.45) is 2.15. The molecule has 1 N–H and O–H groups in total. The van der Waals surface area contributed by atoms with Gasteiger partial charge >= 0.3 is 0 Å². The molecule has 0 bridgehead atoms. The second kappa shape index (κ2) is 6.36. The van der Waals surface area contributed by atoms with Crippen LogP contribution in [0.5, 0.6) is 0 Å². The highest BCUT2D eigenvalue weighted by Gasteiger charge is 2.32. The molecule has 2 aliphatic heterocycles. The molecule has 3 heterocycles. The first kappa shape index (κ1) is 15.3. The second-order valence-electron chi connectivity index (χ2n) is 6.74.